The molecule has 8 heterocycles. The second-order valence-corrected chi connectivity index (χ2v) is 20.3. The summed E-state index contributed by atoms with van der Waals surface area (Å²) in [6.07, 6.45) is 9.79. The Bertz CT molecular complexity index is 2570. The average molecular weight is 937 g/mol. The summed E-state index contributed by atoms with van der Waals surface area (Å²) in [5, 5.41) is 10.9. The molecule has 16 heteroatoms. The molecule has 4 aromatic rings. The molecular formula is C53H64N10O6. The van der Waals surface area contributed by atoms with Crippen LogP contribution in [0.4, 0.5) is 10.6 Å². The van der Waals surface area contributed by atoms with Crippen LogP contribution in [0.3, 0.4) is 0 Å². The molecular weight excluding hydrogens is 873 g/mol. The first kappa shape index (κ1) is 45.2. The highest BCUT2D eigenvalue weighted by atomic mass is 16.5. The molecule has 2 atom stereocenters. The zero-order valence-electron chi connectivity index (χ0n) is 39.4. The molecule has 3 aromatic carbocycles. The maximum atomic E-state index is 13.8. The Labute approximate surface area is 403 Å². The third-order valence-corrected chi connectivity index (χ3v) is 16.5. The van der Waals surface area contributed by atoms with Crippen molar-refractivity contribution in [2.24, 2.45) is 11.7 Å². The van der Waals surface area contributed by atoms with Gasteiger partial charge in [0.1, 0.15) is 34.6 Å². The number of likely N-dealkylation sites (tertiary alicyclic amines) is 4. The number of primary amides is 1. The number of piperidine rings is 5. The Morgan fingerprint density at radius 3 is 1.97 bits per heavy atom. The van der Waals surface area contributed by atoms with Gasteiger partial charge in [-0.15, -0.1) is 0 Å². The number of ether oxygens (including phenoxy) is 1. The molecule has 7 aliphatic rings. The van der Waals surface area contributed by atoms with Crippen molar-refractivity contribution in [2.75, 3.05) is 64.2 Å². The lowest BCUT2D eigenvalue weighted by Crippen LogP contribution is -2.55. The minimum atomic E-state index is -0.598. The molecule has 0 spiro atoms. The van der Waals surface area contributed by atoms with E-state index in [1.54, 1.807) is 4.90 Å². The molecule has 0 bridgehead atoms. The van der Waals surface area contributed by atoms with Crippen molar-refractivity contribution in [3.63, 3.8) is 0 Å². The molecule has 0 radical (unpaired) electrons. The number of amides is 6. The van der Waals surface area contributed by atoms with Gasteiger partial charge in [0.25, 0.3) is 11.8 Å². The van der Waals surface area contributed by atoms with Crippen LogP contribution in [0.1, 0.15) is 114 Å². The predicted molar refractivity (Wildman–Crippen MR) is 260 cm³/mol. The van der Waals surface area contributed by atoms with Gasteiger partial charge < -0.3 is 40.3 Å². The van der Waals surface area contributed by atoms with Crippen LogP contribution in [0.2, 0.25) is 0 Å². The minimum absolute atomic E-state index is 0.126. The summed E-state index contributed by atoms with van der Waals surface area (Å²) in [6.45, 7) is 8.45. The summed E-state index contributed by atoms with van der Waals surface area (Å²) < 4.78 is 8.05. The van der Waals surface area contributed by atoms with Crippen LogP contribution >= 0.6 is 0 Å². The van der Waals surface area contributed by atoms with Crippen molar-refractivity contribution in [3.8, 4) is 22.8 Å². The number of para-hydroxylation sites is 1. The van der Waals surface area contributed by atoms with E-state index in [4.69, 9.17) is 15.6 Å². The normalized spacial score (nSPS) is 23.7. The topological polar surface area (TPSA) is 179 Å². The van der Waals surface area contributed by atoms with E-state index in [1.807, 2.05) is 65.3 Å². The van der Waals surface area contributed by atoms with E-state index in [0.29, 0.717) is 59.5 Å². The van der Waals surface area contributed by atoms with Gasteiger partial charge in [0.15, 0.2) is 0 Å². The maximum absolute atomic E-state index is 13.8. The van der Waals surface area contributed by atoms with Gasteiger partial charge in [-0.25, -0.2) is 9.48 Å². The van der Waals surface area contributed by atoms with Crippen molar-refractivity contribution in [1.82, 2.24) is 39.6 Å². The van der Waals surface area contributed by atoms with Crippen molar-refractivity contribution in [1.29, 1.82) is 0 Å². The third kappa shape index (κ3) is 9.08. The Morgan fingerprint density at radius 2 is 1.33 bits per heavy atom. The lowest BCUT2D eigenvalue weighted by atomic mass is 9.85. The lowest BCUT2D eigenvalue weighted by Gasteiger charge is -2.45. The number of aromatic nitrogens is 2. The van der Waals surface area contributed by atoms with Crippen molar-refractivity contribution in [2.45, 2.75) is 107 Å². The molecule has 6 amide bonds. The molecule has 362 valence electrons. The van der Waals surface area contributed by atoms with E-state index in [0.717, 1.165) is 139 Å². The van der Waals surface area contributed by atoms with Crippen LogP contribution in [-0.4, -0.2) is 141 Å². The fourth-order valence-corrected chi connectivity index (χ4v) is 12.6. The lowest BCUT2D eigenvalue weighted by molar-refractivity contribution is -0.136. The number of rotatable bonds is 9. The number of nitrogens with one attached hydrogen (secondary N) is 2. The molecule has 0 saturated carbocycles. The van der Waals surface area contributed by atoms with Crippen LogP contribution in [0, 0.1) is 5.92 Å². The van der Waals surface area contributed by atoms with Crippen LogP contribution < -0.4 is 21.1 Å². The number of nitrogens with two attached hydrogens (primary N) is 1. The molecule has 16 nitrogen and oxygen atoms in total. The standard InChI is InChI=1S/C53H64N10O6/c54-49(65)47-48(36-6-9-42(10-7-36)69-41-4-2-1-3-5-41)57-63-44(14-23-55-50(47)63)35-17-26-59(27-18-35)40-21-30-61(31-22-40)53(68)60-28-19-39(20-29-60)58-24-15-34(16-25-58)37-8-11-43-38(32-37)33-62(52(43)67)45-12-13-46(64)56-51(45)66/h1-11,32,34-35,39-40,44-45,55H,12-31,33H2,(H2,54,65)(H,56,64,66)/t44-,45?/m0/s1. The average Bonchev–Trinajstić information content (AvgIpc) is 3.94. The number of imide groups is 1. The van der Waals surface area contributed by atoms with Gasteiger partial charge in [0.2, 0.25) is 11.8 Å². The molecule has 69 heavy (non-hydrogen) atoms. The highest BCUT2D eigenvalue weighted by Gasteiger charge is 2.41. The molecule has 7 aliphatic heterocycles. The number of hydrogen-bond acceptors (Lipinski definition) is 10. The van der Waals surface area contributed by atoms with Gasteiger partial charge in [-0.2, -0.15) is 5.10 Å². The number of hydrogen-bond donors (Lipinski definition) is 3. The van der Waals surface area contributed by atoms with E-state index in [9.17, 15) is 24.0 Å². The largest absolute Gasteiger partial charge is 0.457 e. The number of nitrogens with zero attached hydrogens (tertiary/aromatic N) is 7. The molecule has 0 aliphatic carbocycles. The van der Waals surface area contributed by atoms with Crippen LogP contribution in [0.15, 0.2) is 72.8 Å². The van der Waals surface area contributed by atoms with Crippen molar-refractivity contribution in [3.05, 3.63) is 95.1 Å². The van der Waals surface area contributed by atoms with E-state index in [-0.39, 0.29) is 36.2 Å². The van der Waals surface area contributed by atoms with E-state index in [2.05, 4.69) is 42.4 Å². The zero-order chi connectivity index (χ0) is 47.2. The first-order valence-electron chi connectivity index (χ1n) is 25.4. The summed E-state index contributed by atoms with van der Waals surface area (Å²) >= 11 is 0. The highest BCUT2D eigenvalue weighted by molar-refractivity contribution is 6.05. The summed E-state index contributed by atoms with van der Waals surface area (Å²) in [6, 6.07) is 24.3. The van der Waals surface area contributed by atoms with E-state index in [1.165, 1.54) is 5.56 Å². The molecule has 5 fully saturated rings. The monoisotopic (exact) mass is 937 g/mol. The molecule has 5 saturated heterocycles. The Balaban J connectivity index is 0.623. The molecule has 1 aromatic heterocycles. The second kappa shape index (κ2) is 19.3. The predicted octanol–water partition coefficient (Wildman–Crippen LogP) is 6.20. The minimum Gasteiger partial charge on any atom is -0.457 e. The zero-order valence-corrected chi connectivity index (χ0v) is 39.4. The van der Waals surface area contributed by atoms with Crippen molar-refractivity contribution >= 4 is 35.5 Å². The van der Waals surface area contributed by atoms with Gasteiger partial charge in [-0.1, -0.05) is 30.3 Å². The number of urea groups is 1. The van der Waals surface area contributed by atoms with Crippen LogP contribution in [0.25, 0.3) is 11.3 Å². The Hall–Kier alpha value is -6.26. The fourth-order valence-electron chi connectivity index (χ4n) is 12.6. The molecule has 1 unspecified atom stereocenters. The SMILES string of the molecule is NC(=O)c1c(-c2ccc(Oc3ccccc3)cc2)nn2c1NCC[C@H]2C1CCN(C2CCN(C(=O)N3CCC(N4CCC(c5ccc6c(c5)CN(C5CCC(=O)NC5=O)C6=O)CC4)CC3)CC2)CC1. The molecule has 4 N–H and O–H groups in total. The summed E-state index contributed by atoms with van der Waals surface area (Å²) in [5.41, 5.74) is 10.8. The summed E-state index contributed by atoms with van der Waals surface area (Å²) in [5.74, 6) is 1.78. The van der Waals surface area contributed by atoms with E-state index < -0.39 is 11.9 Å². The number of benzene rings is 3. The second-order valence-electron chi connectivity index (χ2n) is 20.3. The maximum Gasteiger partial charge on any atom is 0.320 e. The smallest absolute Gasteiger partial charge is 0.320 e. The summed E-state index contributed by atoms with van der Waals surface area (Å²) in [7, 11) is 0. The highest BCUT2D eigenvalue weighted by Crippen LogP contribution is 2.41. The van der Waals surface area contributed by atoms with Gasteiger partial charge in [0.05, 0.1) is 6.04 Å². The number of carbonyl (C=O) groups is 5. The van der Waals surface area contributed by atoms with Gasteiger partial charge >= 0.3 is 6.03 Å². The van der Waals surface area contributed by atoms with Crippen LogP contribution in [0.5, 0.6) is 11.5 Å². The number of anilines is 1. The van der Waals surface area contributed by atoms with Crippen LogP contribution in [-0.2, 0) is 16.1 Å². The van der Waals surface area contributed by atoms with Gasteiger partial charge in [-0.05, 0) is 156 Å². The van der Waals surface area contributed by atoms with Gasteiger partial charge in [0, 0.05) is 68.9 Å². The quantitative estimate of drug-likeness (QED) is 0.164. The number of carbonyl (C=O) groups excluding carboxylic acids is 5. The third-order valence-electron chi connectivity index (χ3n) is 16.5. The Morgan fingerprint density at radius 1 is 0.696 bits per heavy atom. The molecule has 11 rings (SSSR count). The summed E-state index contributed by atoms with van der Waals surface area (Å²) in [4.78, 5) is 75.3. The Kier molecular flexibility index (Phi) is 12.6. The fraction of sp³-hybridized carbons (Fsp3) is 0.509. The first-order valence-corrected chi connectivity index (χ1v) is 25.4. The number of fused-ring (bicyclic) bond motifs is 2. The van der Waals surface area contributed by atoms with Gasteiger partial charge in [-0.3, -0.25) is 24.5 Å². The van der Waals surface area contributed by atoms with Crippen molar-refractivity contribution < 1.29 is 28.7 Å². The first-order chi connectivity index (χ1) is 33.6. The van der Waals surface area contributed by atoms with E-state index >= 15 is 0 Å².